The van der Waals surface area contributed by atoms with Crippen LogP contribution in [0.25, 0.3) is 0 Å². The van der Waals surface area contributed by atoms with E-state index in [1.54, 1.807) is 0 Å². The predicted octanol–water partition coefficient (Wildman–Crippen LogP) is 1.77. The van der Waals surface area contributed by atoms with Crippen LogP contribution in [0.2, 0.25) is 0 Å². The van der Waals surface area contributed by atoms with E-state index in [1.807, 2.05) is 18.2 Å². The highest BCUT2D eigenvalue weighted by Gasteiger charge is 2.19. The molecule has 0 aromatic heterocycles. The second-order valence-electron chi connectivity index (χ2n) is 4.28. The molecule has 1 atom stereocenters. The lowest BCUT2D eigenvalue weighted by Crippen LogP contribution is -2.31. The van der Waals surface area contributed by atoms with Gasteiger partial charge in [0, 0.05) is 24.0 Å². The topological polar surface area (TPSA) is 41.3 Å². The molecule has 1 heterocycles. The smallest absolute Gasteiger partial charge is 0.0361 e. The highest BCUT2D eigenvalue weighted by molar-refractivity contribution is 5.54. The van der Waals surface area contributed by atoms with Crippen molar-refractivity contribution >= 4 is 11.4 Å². The third-order valence-corrected chi connectivity index (χ3v) is 3.10. The summed E-state index contributed by atoms with van der Waals surface area (Å²) < 4.78 is 0. The van der Waals surface area contributed by atoms with Gasteiger partial charge in [-0.2, -0.15) is 0 Å². The van der Waals surface area contributed by atoms with Crippen LogP contribution in [0.3, 0.4) is 0 Å². The van der Waals surface area contributed by atoms with Gasteiger partial charge in [-0.3, -0.25) is 0 Å². The van der Waals surface area contributed by atoms with Gasteiger partial charge in [0.25, 0.3) is 0 Å². The minimum Gasteiger partial charge on any atom is -0.399 e. The van der Waals surface area contributed by atoms with E-state index in [0.717, 1.165) is 17.9 Å². The molecule has 0 radical (unpaired) electrons. The fraction of sp³-hybridized carbons (Fsp3) is 0.500. The van der Waals surface area contributed by atoms with Gasteiger partial charge in [-0.15, -0.1) is 0 Å². The second kappa shape index (κ2) is 4.53. The van der Waals surface area contributed by atoms with Crippen molar-refractivity contribution in [1.29, 1.82) is 0 Å². The van der Waals surface area contributed by atoms with E-state index in [4.69, 9.17) is 5.73 Å². The Hall–Kier alpha value is -1.22. The molecule has 1 aliphatic rings. The molecule has 0 saturated carbocycles. The lowest BCUT2D eigenvalue weighted by atomic mass is 10.2. The molecule has 0 aliphatic carbocycles. The van der Waals surface area contributed by atoms with Gasteiger partial charge in [-0.05, 0) is 44.6 Å². The maximum Gasteiger partial charge on any atom is 0.0361 e. The van der Waals surface area contributed by atoms with Crippen molar-refractivity contribution in [1.82, 2.24) is 4.90 Å². The van der Waals surface area contributed by atoms with Crippen molar-refractivity contribution in [3.63, 3.8) is 0 Å². The molecule has 3 N–H and O–H groups in total. The number of nitrogens with two attached hydrogens (primary N) is 1. The van der Waals surface area contributed by atoms with Gasteiger partial charge in [0.05, 0.1) is 0 Å². The maximum absolute atomic E-state index is 5.72. The van der Waals surface area contributed by atoms with Crippen LogP contribution in [0.1, 0.15) is 12.8 Å². The van der Waals surface area contributed by atoms with Gasteiger partial charge >= 0.3 is 0 Å². The quantitative estimate of drug-likeness (QED) is 0.739. The van der Waals surface area contributed by atoms with E-state index in [1.165, 1.54) is 19.4 Å². The van der Waals surface area contributed by atoms with E-state index in [-0.39, 0.29) is 0 Å². The molecule has 1 aliphatic heterocycles. The third kappa shape index (κ3) is 2.63. The highest BCUT2D eigenvalue weighted by atomic mass is 15.2. The average molecular weight is 205 g/mol. The zero-order chi connectivity index (χ0) is 10.7. The molecular weight excluding hydrogens is 186 g/mol. The van der Waals surface area contributed by atoms with Crippen LogP contribution in [0.5, 0.6) is 0 Å². The van der Waals surface area contributed by atoms with Gasteiger partial charge < -0.3 is 16.0 Å². The van der Waals surface area contributed by atoms with E-state index in [2.05, 4.69) is 23.3 Å². The van der Waals surface area contributed by atoms with Crippen LogP contribution in [-0.4, -0.2) is 31.1 Å². The lowest BCUT2D eigenvalue weighted by Gasteiger charge is -2.20. The van der Waals surface area contributed by atoms with Crippen LogP contribution in [0.4, 0.5) is 11.4 Å². The molecule has 0 spiro atoms. The number of likely N-dealkylation sites (N-methyl/N-ethyl adjacent to an activating group) is 1. The monoisotopic (exact) mass is 205 g/mol. The van der Waals surface area contributed by atoms with Crippen molar-refractivity contribution in [2.24, 2.45) is 0 Å². The van der Waals surface area contributed by atoms with Crippen molar-refractivity contribution in [3.8, 4) is 0 Å². The molecule has 1 aromatic carbocycles. The van der Waals surface area contributed by atoms with Crippen LogP contribution in [0.15, 0.2) is 24.3 Å². The number of nitrogen functional groups attached to an aromatic ring is 1. The molecule has 1 fully saturated rings. The van der Waals surface area contributed by atoms with E-state index < -0.39 is 0 Å². The molecular formula is C12H19N3. The standard InChI is InChI=1S/C12H19N3/c1-15-7-3-6-12(15)9-14-11-5-2-4-10(13)8-11/h2,4-5,8,12,14H,3,6-7,9,13H2,1H3. The number of rotatable bonds is 3. The summed E-state index contributed by atoms with van der Waals surface area (Å²) in [7, 11) is 2.19. The molecule has 2 rings (SSSR count). The molecule has 1 unspecified atom stereocenters. The summed E-state index contributed by atoms with van der Waals surface area (Å²) in [4.78, 5) is 2.42. The summed E-state index contributed by atoms with van der Waals surface area (Å²) in [5.74, 6) is 0. The Morgan fingerprint density at radius 1 is 1.53 bits per heavy atom. The lowest BCUT2D eigenvalue weighted by molar-refractivity contribution is 0.322. The Morgan fingerprint density at radius 2 is 2.40 bits per heavy atom. The van der Waals surface area contributed by atoms with Gasteiger partial charge in [0.2, 0.25) is 0 Å². The third-order valence-electron chi connectivity index (χ3n) is 3.10. The van der Waals surface area contributed by atoms with E-state index >= 15 is 0 Å². The van der Waals surface area contributed by atoms with Gasteiger partial charge in [-0.1, -0.05) is 6.07 Å². The first-order valence-corrected chi connectivity index (χ1v) is 5.55. The summed E-state index contributed by atoms with van der Waals surface area (Å²) >= 11 is 0. The Balaban J connectivity index is 1.87. The number of likely N-dealkylation sites (tertiary alicyclic amines) is 1. The van der Waals surface area contributed by atoms with Crippen LogP contribution in [0, 0.1) is 0 Å². The Bertz CT molecular complexity index is 324. The first-order chi connectivity index (χ1) is 7.25. The molecule has 1 aromatic rings. The van der Waals surface area contributed by atoms with Crippen molar-refractivity contribution in [3.05, 3.63) is 24.3 Å². The fourth-order valence-corrected chi connectivity index (χ4v) is 2.12. The SMILES string of the molecule is CN1CCCC1CNc1cccc(N)c1. The van der Waals surface area contributed by atoms with Crippen LogP contribution < -0.4 is 11.1 Å². The molecule has 15 heavy (non-hydrogen) atoms. The summed E-state index contributed by atoms with van der Waals surface area (Å²) in [5, 5.41) is 3.44. The maximum atomic E-state index is 5.72. The van der Waals surface area contributed by atoms with Crippen LogP contribution in [-0.2, 0) is 0 Å². The van der Waals surface area contributed by atoms with E-state index in [9.17, 15) is 0 Å². The largest absolute Gasteiger partial charge is 0.399 e. The molecule has 3 nitrogen and oxygen atoms in total. The van der Waals surface area contributed by atoms with E-state index in [0.29, 0.717) is 6.04 Å². The first-order valence-electron chi connectivity index (χ1n) is 5.55. The minimum atomic E-state index is 0.673. The van der Waals surface area contributed by atoms with Gasteiger partial charge in [0.15, 0.2) is 0 Å². The van der Waals surface area contributed by atoms with Crippen molar-refractivity contribution < 1.29 is 0 Å². The Morgan fingerprint density at radius 3 is 3.07 bits per heavy atom. The molecule has 3 heteroatoms. The number of benzene rings is 1. The normalized spacial score (nSPS) is 21.8. The molecule has 1 saturated heterocycles. The summed E-state index contributed by atoms with van der Waals surface area (Å²) in [5.41, 5.74) is 7.66. The molecule has 0 bridgehead atoms. The minimum absolute atomic E-state index is 0.673. The van der Waals surface area contributed by atoms with Gasteiger partial charge in [-0.25, -0.2) is 0 Å². The summed E-state index contributed by atoms with van der Waals surface area (Å²) in [6.45, 7) is 2.24. The average Bonchev–Trinajstić information content (AvgIpc) is 2.61. The number of hydrogen-bond acceptors (Lipinski definition) is 3. The first kappa shape index (κ1) is 10.3. The number of nitrogens with one attached hydrogen (secondary N) is 1. The summed E-state index contributed by atoms with van der Waals surface area (Å²) in [6.07, 6.45) is 2.62. The zero-order valence-electron chi connectivity index (χ0n) is 9.24. The van der Waals surface area contributed by atoms with Crippen molar-refractivity contribution in [2.45, 2.75) is 18.9 Å². The number of anilines is 2. The van der Waals surface area contributed by atoms with Gasteiger partial charge in [0.1, 0.15) is 0 Å². The number of nitrogens with zero attached hydrogens (tertiary/aromatic N) is 1. The fourth-order valence-electron chi connectivity index (χ4n) is 2.12. The van der Waals surface area contributed by atoms with Crippen molar-refractivity contribution in [2.75, 3.05) is 31.2 Å². The number of hydrogen-bond donors (Lipinski definition) is 2. The second-order valence-corrected chi connectivity index (χ2v) is 4.28. The van der Waals surface area contributed by atoms with Crippen LogP contribution >= 0.6 is 0 Å². The molecule has 82 valence electrons. The summed E-state index contributed by atoms with van der Waals surface area (Å²) in [6, 6.07) is 8.61. The Kier molecular flexibility index (Phi) is 3.11. The zero-order valence-corrected chi connectivity index (χ0v) is 9.24. The molecule has 0 amide bonds. The highest BCUT2D eigenvalue weighted by Crippen LogP contribution is 2.17. The Labute approximate surface area is 91.3 Å². The predicted molar refractivity (Wildman–Crippen MR) is 65.0 cm³/mol.